The fraction of sp³-hybridized carbons (Fsp3) is 0.841. The molecule has 5 N–H and O–H groups in total. The Hall–Kier alpha value is -0.784. The average molecular weight is 1040 g/mol. The topological polar surface area (TPSA) is 135 Å². The maximum Gasteiger partial charge on any atom is 2.00 e. The first-order chi connectivity index (χ1) is 32.8. The smallest absolute Gasteiger partial charge is 1.00 e. The van der Waals surface area contributed by atoms with E-state index >= 15 is 0 Å². The van der Waals surface area contributed by atoms with Crippen molar-refractivity contribution in [2.45, 2.75) is 251 Å². The van der Waals surface area contributed by atoms with Crippen LogP contribution in [0.5, 0.6) is 0 Å². The molecule has 8 aliphatic carbocycles. The van der Waals surface area contributed by atoms with E-state index in [1.807, 2.05) is 13.0 Å². The van der Waals surface area contributed by atoms with Crippen LogP contribution in [0.4, 0.5) is 0 Å². The van der Waals surface area contributed by atoms with E-state index in [0.29, 0.717) is 52.7 Å². The first-order valence-electron chi connectivity index (χ1n) is 28.8. The predicted molar refractivity (Wildman–Crippen MR) is 303 cm³/mol. The second kappa shape index (κ2) is 26.2. The maximum atomic E-state index is 14.0. The van der Waals surface area contributed by atoms with Gasteiger partial charge in [-0.2, -0.15) is 0 Å². The number of hydrogen-bond acceptors (Lipinski definition) is 7. The number of benzene rings is 1. The summed E-state index contributed by atoms with van der Waals surface area (Å²) in [5.74, 6) is 8.02. The number of rotatable bonds is 14. The molecule has 6 fully saturated rings. The molecule has 19 atom stereocenters. The molecule has 0 aromatic heterocycles. The van der Waals surface area contributed by atoms with Crippen LogP contribution in [0.25, 0.3) is 0 Å². The molecule has 412 valence electrons. The minimum absolute atomic E-state index is 0. The van der Waals surface area contributed by atoms with Crippen molar-refractivity contribution in [3.05, 3.63) is 53.6 Å². The van der Waals surface area contributed by atoms with Gasteiger partial charge < -0.3 is 28.4 Å². The molecule has 1 aromatic rings. The third-order valence-corrected chi connectivity index (χ3v) is 24.8. The van der Waals surface area contributed by atoms with E-state index < -0.39 is 32.4 Å². The second-order valence-electron chi connectivity index (χ2n) is 25.3. The van der Waals surface area contributed by atoms with Gasteiger partial charge in [0.2, 0.25) is 0 Å². The molecule has 0 aliphatic heterocycles. The predicted octanol–water partition coefficient (Wildman–Crippen LogP) is 14.2. The van der Waals surface area contributed by atoms with Gasteiger partial charge in [-0.25, -0.2) is 8.42 Å². The molecule has 0 amide bonds. The molecule has 0 spiro atoms. The molecule has 7 nitrogen and oxygen atoms in total. The van der Waals surface area contributed by atoms with E-state index in [1.165, 1.54) is 69.8 Å². The van der Waals surface area contributed by atoms with Crippen LogP contribution in [0.1, 0.15) is 221 Å². The van der Waals surface area contributed by atoms with Crippen LogP contribution in [0.15, 0.2) is 58.5 Å². The zero-order valence-electron chi connectivity index (χ0n) is 47.6. The van der Waals surface area contributed by atoms with Gasteiger partial charge in [0, 0.05) is 7.11 Å². The Balaban J connectivity index is 0.000000473. The van der Waals surface area contributed by atoms with Crippen LogP contribution in [0.2, 0.25) is 0 Å². The average Bonchev–Trinajstić information content (AvgIpc) is 3.92. The van der Waals surface area contributed by atoms with E-state index in [1.54, 1.807) is 29.8 Å². The molecule has 0 bridgehead atoms. The zero-order valence-corrected chi connectivity index (χ0v) is 47.9. The van der Waals surface area contributed by atoms with E-state index in [0.717, 1.165) is 113 Å². The van der Waals surface area contributed by atoms with Crippen LogP contribution in [-0.4, -0.2) is 92.8 Å². The van der Waals surface area contributed by atoms with E-state index in [4.69, 9.17) is 5.11 Å². The minimum Gasteiger partial charge on any atom is -1.00 e. The van der Waals surface area contributed by atoms with Gasteiger partial charge in [0.25, 0.3) is 0 Å². The van der Waals surface area contributed by atoms with Crippen LogP contribution >= 0.6 is 0 Å². The Morgan fingerprint density at radius 1 is 0.625 bits per heavy atom. The van der Waals surface area contributed by atoms with Gasteiger partial charge in [-0.05, 0) is 242 Å². The molecule has 0 radical (unpaired) electrons. The second-order valence-corrected chi connectivity index (χ2v) is 27.5. The molecule has 3 unspecified atom stereocenters. The zero-order chi connectivity index (χ0) is 50.1. The monoisotopic (exact) mass is 1030 g/mol. The summed E-state index contributed by atoms with van der Waals surface area (Å²) >= 11 is 0. The summed E-state index contributed by atoms with van der Waals surface area (Å²) < 4.78 is 27.9. The van der Waals surface area contributed by atoms with Gasteiger partial charge in [0.1, 0.15) is 0 Å². The molecule has 72 heavy (non-hydrogen) atoms. The number of hydrogen-bond donors (Lipinski definition) is 5. The third kappa shape index (κ3) is 12.5. The van der Waals surface area contributed by atoms with Crippen molar-refractivity contribution in [1.29, 1.82) is 0 Å². The number of fused-ring (bicyclic) bond motifs is 10. The van der Waals surface area contributed by atoms with Gasteiger partial charge in [-0.1, -0.05) is 112 Å². The Kier molecular flexibility index (Phi) is 23.2. The van der Waals surface area contributed by atoms with Crippen molar-refractivity contribution in [3.63, 3.8) is 0 Å². The summed E-state index contributed by atoms with van der Waals surface area (Å²) in [6, 6.07) is 8.90. The van der Waals surface area contributed by atoms with E-state index in [2.05, 4.69) is 60.6 Å². The van der Waals surface area contributed by atoms with Crippen LogP contribution in [0.3, 0.4) is 0 Å². The Morgan fingerprint density at radius 2 is 1.08 bits per heavy atom. The van der Waals surface area contributed by atoms with Gasteiger partial charge in [-0.15, -0.1) is 0 Å². The summed E-state index contributed by atoms with van der Waals surface area (Å²) in [7, 11) is -2.55. The largest absolute Gasteiger partial charge is 2.00 e. The molecule has 1 aromatic carbocycles. The first kappa shape index (κ1) is 63.7. The summed E-state index contributed by atoms with van der Waals surface area (Å²) in [5, 5.41) is 49.0. The normalized spacial score (nSPS) is 39.5. The minimum atomic E-state index is -3.55. The summed E-state index contributed by atoms with van der Waals surface area (Å²) in [6.07, 6.45) is 28.9. The van der Waals surface area contributed by atoms with Crippen LogP contribution in [-0.2, 0) is 9.84 Å². The maximum absolute atomic E-state index is 14.0. The van der Waals surface area contributed by atoms with Crippen LogP contribution in [0, 0.1) is 81.8 Å². The fourth-order valence-corrected chi connectivity index (χ4v) is 20.3. The number of sulfone groups is 1. The molecule has 0 heterocycles. The summed E-state index contributed by atoms with van der Waals surface area (Å²) in [6.45, 7) is 18.0. The van der Waals surface area contributed by atoms with E-state index in [-0.39, 0.29) is 58.2 Å². The first-order valence-corrected chi connectivity index (χ1v) is 30.3. The van der Waals surface area contributed by atoms with Crippen LogP contribution < -0.4 is 0 Å². The molecular formula is C63H110MgO7S. The molecule has 9 heteroatoms. The number of aliphatic hydroxyl groups excluding tert-OH is 3. The molecule has 0 saturated heterocycles. The van der Waals surface area contributed by atoms with Crippen molar-refractivity contribution in [2.75, 3.05) is 7.11 Å². The quantitative estimate of drug-likeness (QED) is 0.0925. The summed E-state index contributed by atoms with van der Waals surface area (Å²) in [5.41, 5.74) is 2.87. The molecule has 9 rings (SSSR count). The Labute approximate surface area is 461 Å². The fourth-order valence-electron chi connectivity index (χ4n) is 18.2. The van der Waals surface area contributed by atoms with Crippen molar-refractivity contribution >= 4 is 32.9 Å². The van der Waals surface area contributed by atoms with Crippen molar-refractivity contribution in [3.8, 4) is 0 Å². The van der Waals surface area contributed by atoms with Gasteiger partial charge >= 0.3 is 23.1 Å². The van der Waals surface area contributed by atoms with Crippen molar-refractivity contribution in [2.24, 2.45) is 81.8 Å². The standard InChI is InChI=1S/C33H50O4S.C27H46O2.CH4O.2CH4.Mg.2H/c1-5-24(34)20-31(38(36,37)25-10-8-7-9-11-25)22(3)29-14-15-30-28-13-12-23-21-33(35,6-2)19-17-26(23)27(28)16-18-32(29,30)4;1-5-20(28)9-7-18(3)24-11-12-25-23-10-8-19-17-27(29,6-2)16-14-21(19)22(23)13-15-26(24,25)4;1-2;;;;;/h7-12,22,24,26-31,34-35H,5-6,13-21H2,1-4H3;8,18,20-25,28-29H,5-7,9-17H2,1-4H3;2H,1H3;2*1H4;;;/q;;;;;+2;2*-1/t22-,24?,26-,27+,28+,29+,30-,31?,32+,33-;18-,20?,21+,22-,23-,24-,25+,26-,27+;;;;;;/m01....../s1. The Bertz CT molecular complexity index is 2020. The number of allylic oxidation sites excluding steroid dienone is 2. The van der Waals surface area contributed by atoms with Gasteiger partial charge in [0.05, 0.1) is 33.6 Å². The van der Waals surface area contributed by atoms with Crippen molar-refractivity contribution < 1.29 is 36.8 Å². The van der Waals surface area contributed by atoms with Gasteiger partial charge in [-0.3, -0.25) is 0 Å². The molecule has 6 saturated carbocycles. The van der Waals surface area contributed by atoms with Crippen molar-refractivity contribution in [1.82, 2.24) is 0 Å². The van der Waals surface area contributed by atoms with Gasteiger partial charge in [0.15, 0.2) is 9.84 Å². The summed E-state index contributed by atoms with van der Waals surface area (Å²) in [4.78, 5) is 0.387. The SMILES string of the molecule is C.C.CCC(O)CC([C@@H](C)[C@H]1CC[C@H]2[C@@H]3CC=C4C[C@](O)(CC)CC[C@@H]4[C@H]3CC[C@]12C)S(=O)(=O)c1ccccc1.CCC(O)CC[C@@H](C)[C@H]1CC[C@H]2[C@@H]3CC=C4C[C@](O)(CC)CC[C@@H]4[C@H]3CC[C@]12C.CO.[H-].[H-].[Mg+2]. The third-order valence-electron chi connectivity index (χ3n) is 22.4. The molecular weight excluding hydrogens is 925 g/mol. The number of aliphatic hydroxyl groups is 5. The van der Waals surface area contributed by atoms with E-state index in [9.17, 15) is 28.8 Å². The molecule has 8 aliphatic rings. The Morgan fingerprint density at radius 3 is 1.54 bits per heavy atom.